The van der Waals surface area contributed by atoms with Crippen molar-refractivity contribution < 1.29 is 0 Å². The van der Waals surface area contributed by atoms with E-state index in [1.807, 2.05) is 0 Å². The Hall–Kier alpha value is -1.12. The molecule has 2 aliphatic rings. The third-order valence-electron chi connectivity index (χ3n) is 4.73. The lowest BCUT2D eigenvalue weighted by molar-refractivity contribution is 0.0668. The Morgan fingerprint density at radius 3 is 2.85 bits per heavy atom. The predicted octanol–water partition coefficient (Wildman–Crippen LogP) is 3.26. The van der Waals surface area contributed by atoms with Crippen molar-refractivity contribution in [2.75, 3.05) is 26.2 Å². The van der Waals surface area contributed by atoms with Crippen LogP contribution in [0.4, 0.5) is 0 Å². The van der Waals surface area contributed by atoms with Gasteiger partial charge in [0.25, 0.3) is 0 Å². The molecular weight excluding hydrogens is 244 g/mol. The third kappa shape index (κ3) is 3.13. The lowest BCUT2D eigenvalue weighted by Gasteiger charge is -2.42. The van der Waals surface area contributed by atoms with Crippen LogP contribution < -0.4 is 0 Å². The molecule has 0 saturated carbocycles. The first kappa shape index (κ1) is 13.8. The molecule has 2 fully saturated rings. The molecule has 0 bridgehead atoms. The molecule has 2 aliphatic heterocycles. The minimum absolute atomic E-state index is 0.684. The van der Waals surface area contributed by atoms with Crippen molar-refractivity contribution in [1.29, 1.82) is 0 Å². The second-order valence-corrected chi connectivity index (χ2v) is 6.47. The van der Waals surface area contributed by atoms with Gasteiger partial charge in [0, 0.05) is 31.7 Å². The van der Waals surface area contributed by atoms with Crippen LogP contribution >= 0.6 is 0 Å². The number of benzene rings is 1. The number of piperazine rings is 1. The highest BCUT2D eigenvalue weighted by molar-refractivity contribution is 5.52. The van der Waals surface area contributed by atoms with E-state index in [9.17, 15) is 0 Å². The quantitative estimate of drug-likeness (QED) is 0.832. The summed E-state index contributed by atoms with van der Waals surface area (Å²) in [5.41, 5.74) is 2.78. The fraction of sp³-hybridized carbons (Fsp3) is 0.556. The summed E-state index contributed by atoms with van der Waals surface area (Å²) in [6.07, 6.45) is 5.11. The molecular formula is C18H26N2. The topological polar surface area (TPSA) is 6.48 Å². The molecule has 1 aromatic rings. The van der Waals surface area contributed by atoms with Gasteiger partial charge in [-0.15, -0.1) is 0 Å². The van der Waals surface area contributed by atoms with Crippen molar-refractivity contribution in [3.8, 4) is 0 Å². The van der Waals surface area contributed by atoms with Gasteiger partial charge in [0.15, 0.2) is 0 Å². The van der Waals surface area contributed by atoms with Crippen LogP contribution in [0.1, 0.15) is 32.3 Å². The molecule has 0 aliphatic carbocycles. The number of nitrogens with zero attached hydrogens (tertiary/aromatic N) is 2. The van der Waals surface area contributed by atoms with Gasteiger partial charge in [-0.05, 0) is 38.8 Å². The first-order valence-electron chi connectivity index (χ1n) is 7.92. The average Bonchev–Trinajstić information content (AvgIpc) is 2.87. The minimum Gasteiger partial charge on any atom is -0.298 e. The molecule has 0 radical (unpaired) electrons. The van der Waals surface area contributed by atoms with Crippen molar-refractivity contribution >= 4 is 6.08 Å². The van der Waals surface area contributed by atoms with E-state index in [2.05, 4.69) is 60.1 Å². The molecule has 20 heavy (non-hydrogen) atoms. The maximum Gasteiger partial charge on any atom is 0.0224 e. The number of hydrogen-bond donors (Lipinski definition) is 0. The first-order valence-corrected chi connectivity index (χ1v) is 7.92. The van der Waals surface area contributed by atoms with Crippen molar-refractivity contribution in [3.05, 3.63) is 41.5 Å². The van der Waals surface area contributed by atoms with Gasteiger partial charge in [-0.25, -0.2) is 0 Å². The van der Waals surface area contributed by atoms with Crippen molar-refractivity contribution in [3.63, 3.8) is 0 Å². The van der Waals surface area contributed by atoms with Gasteiger partial charge >= 0.3 is 0 Å². The zero-order valence-corrected chi connectivity index (χ0v) is 12.8. The van der Waals surface area contributed by atoms with Gasteiger partial charge in [0.1, 0.15) is 0 Å². The molecule has 2 nitrogen and oxygen atoms in total. The molecule has 0 N–H and O–H groups in total. The molecule has 2 saturated heterocycles. The van der Waals surface area contributed by atoms with E-state index in [0.29, 0.717) is 6.04 Å². The zero-order chi connectivity index (χ0) is 13.9. The Labute approximate surface area is 123 Å². The van der Waals surface area contributed by atoms with Crippen LogP contribution in [0, 0.1) is 0 Å². The number of fused-ring (bicyclic) bond motifs is 1. The van der Waals surface area contributed by atoms with E-state index in [0.717, 1.165) is 12.6 Å². The third-order valence-corrected chi connectivity index (χ3v) is 4.73. The van der Waals surface area contributed by atoms with Gasteiger partial charge in [-0.3, -0.25) is 9.80 Å². The maximum absolute atomic E-state index is 2.69. The highest BCUT2D eigenvalue weighted by atomic mass is 15.3. The number of rotatable bonds is 3. The lowest BCUT2D eigenvalue weighted by Crippen LogP contribution is -2.55. The molecule has 2 heterocycles. The van der Waals surface area contributed by atoms with E-state index < -0.39 is 0 Å². The summed E-state index contributed by atoms with van der Waals surface area (Å²) in [4.78, 5) is 5.36. The summed E-state index contributed by atoms with van der Waals surface area (Å²) >= 11 is 0. The van der Waals surface area contributed by atoms with Crippen LogP contribution in [0.3, 0.4) is 0 Å². The van der Waals surface area contributed by atoms with Crippen molar-refractivity contribution in [2.45, 2.75) is 38.8 Å². The molecule has 108 valence electrons. The Morgan fingerprint density at radius 1 is 1.25 bits per heavy atom. The van der Waals surface area contributed by atoms with E-state index in [4.69, 9.17) is 0 Å². The minimum atomic E-state index is 0.684. The van der Waals surface area contributed by atoms with Gasteiger partial charge in [-0.1, -0.05) is 42.0 Å². The second-order valence-electron chi connectivity index (χ2n) is 6.47. The van der Waals surface area contributed by atoms with E-state index in [1.165, 1.54) is 43.6 Å². The van der Waals surface area contributed by atoms with Gasteiger partial charge < -0.3 is 0 Å². The van der Waals surface area contributed by atoms with Crippen LogP contribution in [0.2, 0.25) is 0 Å². The van der Waals surface area contributed by atoms with Crippen LogP contribution in [-0.4, -0.2) is 48.1 Å². The van der Waals surface area contributed by atoms with Crippen molar-refractivity contribution in [1.82, 2.24) is 9.80 Å². The normalized spacial score (nSPS) is 28.6. The Morgan fingerprint density at radius 2 is 2.05 bits per heavy atom. The van der Waals surface area contributed by atoms with Crippen LogP contribution in [0.15, 0.2) is 35.9 Å². The predicted molar refractivity (Wildman–Crippen MR) is 85.7 cm³/mol. The van der Waals surface area contributed by atoms with Crippen molar-refractivity contribution in [2.24, 2.45) is 0 Å². The van der Waals surface area contributed by atoms with Crippen LogP contribution in [0.25, 0.3) is 6.08 Å². The summed E-state index contributed by atoms with van der Waals surface area (Å²) in [6, 6.07) is 12.2. The summed E-state index contributed by atoms with van der Waals surface area (Å²) in [7, 11) is 0. The molecule has 2 atom stereocenters. The molecule has 0 spiro atoms. The Kier molecular flexibility index (Phi) is 4.23. The summed E-state index contributed by atoms with van der Waals surface area (Å²) in [5, 5.41) is 0. The standard InChI is InChI=1S/C18H26N2/c1-15(11-17-7-4-3-5-8-17)12-20-14-18-9-6-10-19(18)13-16(20)2/h3-5,7-8,11,16,18H,6,9-10,12-14H2,1-2H3/b15-11+/t16-,18-/m0/s1. The summed E-state index contributed by atoms with van der Waals surface area (Å²) in [5.74, 6) is 0. The molecule has 0 amide bonds. The fourth-order valence-corrected chi connectivity index (χ4v) is 3.67. The average molecular weight is 270 g/mol. The van der Waals surface area contributed by atoms with Gasteiger partial charge in [0.2, 0.25) is 0 Å². The molecule has 0 unspecified atom stereocenters. The lowest BCUT2D eigenvalue weighted by atomic mass is 10.1. The molecule has 2 heteroatoms. The maximum atomic E-state index is 2.69. The smallest absolute Gasteiger partial charge is 0.0224 e. The summed E-state index contributed by atoms with van der Waals surface area (Å²) < 4.78 is 0. The monoisotopic (exact) mass is 270 g/mol. The SMILES string of the molecule is C/C(=C\c1ccccc1)CN1C[C@@H]2CCCN2C[C@@H]1C. The second kappa shape index (κ2) is 6.11. The summed E-state index contributed by atoms with van der Waals surface area (Å²) in [6.45, 7) is 9.58. The highest BCUT2D eigenvalue weighted by Crippen LogP contribution is 2.25. The zero-order valence-electron chi connectivity index (χ0n) is 12.8. The van der Waals surface area contributed by atoms with Crippen LogP contribution in [-0.2, 0) is 0 Å². The molecule has 3 rings (SSSR count). The molecule has 0 aromatic heterocycles. The van der Waals surface area contributed by atoms with E-state index in [1.54, 1.807) is 0 Å². The van der Waals surface area contributed by atoms with E-state index >= 15 is 0 Å². The van der Waals surface area contributed by atoms with Gasteiger partial charge in [-0.2, -0.15) is 0 Å². The molecule has 1 aromatic carbocycles. The fourth-order valence-electron chi connectivity index (χ4n) is 3.67. The largest absolute Gasteiger partial charge is 0.298 e. The Balaban J connectivity index is 1.63. The van der Waals surface area contributed by atoms with Crippen LogP contribution in [0.5, 0.6) is 0 Å². The van der Waals surface area contributed by atoms with E-state index in [-0.39, 0.29) is 0 Å². The number of hydrogen-bond acceptors (Lipinski definition) is 2. The first-order chi connectivity index (χ1) is 9.72. The Bertz CT molecular complexity index is 466. The van der Waals surface area contributed by atoms with Gasteiger partial charge in [0.05, 0.1) is 0 Å². The highest BCUT2D eigenvalue weighted by Gasteiger charge is 2.33.